The van der Waals surface area contributed by atoms with Crippen LogP contribution in [0.15, 0.2) is 66.4 Å². The number of rotatable bonds is 9. The highest BCUT2D eigenvalue weighted by atomic mass is 127. The highest BCUT2D eigenvalue weighted by Crippen LogP contribution is 2.35. The molecule has 0 unspecified atom stereocenters. The van der Waals surface area contributed by atoms with Gasteiger partial charge in [0.05, 0.1) is 23.5 Å². The Morgan fingerprint density at radius 2 is 1.76 bits per heavy atom. The van der Waals surface area contributed by atoms with Gasteiger partial charge in [-0.2, -0.15) is 0 Å². The molecule has 0 atom stereocenters. The molecule has 2 N–H and O–H groups in total. The van der Waals surface area contributed by atoms with Crippen LogP contribution in [0.3, 0.4) is 0 Å². The third-order valence-electron chi connectivity index (χ3n) is 5.50. The van der Waals surface area contributed by atoms with E-state index >= 15 is 0 Å². The van der Waals surface area contributed by atoms with Gasteiger partial charge in [-0.05, 0) is 76.2 Å². The Kier molecular flexibility index (Phi) is 8.46. The van der Waals surface area contributed by atoms with E-state index in [0.29, 0.717) is 32.1 Å². The topological polar surface area (TPSA) is 106 Å². The molecule has 0 spiro atoms. The summed E-state index contributed by atoms with van der Waals surface area (Å²) in [6, 6.07) is 15.5. The maximum Gasteiger partial charge on any atom is 0.329 e. The number of anilines is 1. The summed E-state index contributed by atoms with van der Waals surface area (Å²) in [5, 5.41) is 5.15. The van der Waals surface area contributed by atoms with E-state index in [-0.39, 0.29) is 18.1 Å². The van der Waals surface area contributed by atoms with Crippen molar-refractivity contribution in [3.8, 4) is 17.2 Å². The number of hydrogen-bond acceptors (Lipinski definition) is 6. The van der Waals surface area contributed by atoms with Gasteiger partial charge in [0.25, 0.3) is 5.91 Å². The first-order chi connectivity index (χ1) is 18.3. The predicted molar refractivity (Wildman–Crippen MR) is 146 cm³/mol. The standard InChI is InChI=1S/C27H23FIN3O6/c1-36-22-6-4-3-5-20(22)30-24(33)14-32-26(34)21(31-27(32)35)12-17-11-19(29)25(23(13-17)37-2)38-15-16-7-9-18(28)10-8-16/h3-13H,14-15H2,1-2H3,(H,30,33)(H,31,35)/b21-12+. The molecule has 1 heterocycles. The van der Waals surface area contributed by atoms with Crippen molar-refractivity contribution in [1.82, 2.24) is 10.2 Å². The lowest BCUT2D eigenvalue weighted by Gasteiger charge is -2.14. The fraction of sp³-hybridized carbons (Fsp3) is 0.148. The maximum absolute atomic E-state index is 13.2. The number of nitrogens with zero attached hydrogens (tertiary/aromatic N) is 1. The monoisotopic (exact) mass is 631 g/mol. The Morgan fingerprint density at radius 1 is 1.05 bits per heavy atom. The number of nitrogens with one attached hydrogen (secondary N) is 2. The number of benzene rings is 3. The molecule has 1 aliphatic rings. The van der Waals surface area contributed by atoms with Crippen molar-refractivity contribution in [2.45, 2.75) is 6.61 Å². The van der Waals surface area contributed by atoms with E-state index in [0.717, 1.165) is 10.5 Å². The Labute approximate surface area is 231 Å². The van der Waals surface area contributed by atoms with Crippen LogP contribution in [0.4, 0.5) is 14.9 Å². The summed E-state index contributed by atoms with van der Waals surface area (Å²) in [6.07, 6.45) is 1.49. The molecule has 0 aromatic heterocycles. The Morgan fingerprint density at radius 3 is 2.47 bits per heavy atom. The van der Waals surface area contributed by atoms with Crippen LogP contribution >= 0.6 is 22.6 Å². The molecular weight excluding hydrogens is 608 g/mol. The summed E-state index contributed by atoms with van der Waals surface area (Å²) in [5.41, 5.74) is 1.79. The minimum absolute atomic E-state index is 0.0120. The smallest absolute Gasteiger partial charge is 0.329 e. The van der Waals surface area contributed by atoms with Crippen LogP contribution in [-0.2, 0) is 16.2 Å². The fourth-order valence-corrected chi connectivity index (χ4v) is 4.44. The second kappa shape index (κ2) is 11.9. The van der Waals surface area contributed by atoms with Gasteiger partial charge >= 0.3 is 6.03 Å². The van der Waals surface area contributed by atoms with Gasteiger partial charge in [-0.3, -0.25) is 9.59 Å². The number of amides is 4. The molecule has 1 fully saturated rings. The van der Waals surface area contributed by atoms with E-state index in [1.54, 1.807) is 48.5 Å². The number of hydrogen-bond donors (Lipinski definition) is 2. The van der Waals surface area contributed by atoms with E-state index in [1.807, 2.05) is 0 Å². The third-order valence-corrected chi connectivity index (χ3v) is 6.31. The number of imide groups is 1. The molecule has 196 valence electrons. The van der Waals surface area contributed by atoms with Crippen LogP contribution < -0.4 is 24.8 Å². The lowest BCUT2D eigenvalue weighted by Crippen LogP contribution is -2.38. The normalized spacial score (nSPS) is 13.9. The number of urea groups is 1. The molecule has 3 aromatic rings. The molecule has 4 rings (SSSR count). The van der Waals surface area contributed by atoms with Crippen LogP contribution in [0, 0.1) is 9.39 Å². The van der Waals surface area contributed by atoms with Gasteiger partial charge in [-0.15, -0.1) is 0 Å². The highest BCUT2D eigenvalue weighted by Gasteiger charge is 2.35. The van der Waals surface area contributed by atoms with Crippen molar-refractivity contribution in [2.24, 2.45) is 0 Å². The second-order valence-electron chi connectivity index (χ2n) is 8.08. The number of halogens is 2. The minimum Gasteiger partial charge on any atom is -0.495 e. The molecule has 38 heavy (non-hydrogen) atoms. The predicted octanol–water partition coefficient (Wildman–Crippen LogP) is 4.56. The van der Waals surface area contributed by atoms with Crippen LogP contribution in [0.2, 0.25) is 0 Å². The number of carbonyl (C=O) groups excluding carboxylic acids is 3. The summed E-state index contributed by atoms with van der Waals surface area (Å²) in [5.74, 6) is -0.185. The molecule has 4 amide bonds. The summed E-state index contributed by atoms with van der Waals surface area (Å²) in [7, 11) is 2.96. The molecule has 11 heteroatoms. The largest absolute Gasteiger partial charge is 0.495 e. The van der Waals surface area contributed by atoms with Crippen molar-refractivity contribution >= 4 is 52.2 Å². The fourth-order valence-electron chi connectivity index (χ4n) is 3.66. The van der Waals surface area contributed by atoms with Crippen molar-refractivity contribution in [1.29, 1.82) is 0 Å². The van der Waals surface area contributed by atoms with E-state index in [9.17, 15) is 18.8 Å². The molecule has 0 aliphatic carbocycles. The van der Waals surface area contributed by atoms with Gasteiger partial charge in [-0.25, -0.2) is 14.1 Å². The maximum atomic E-state index is 13.2. The lowest BCUT2D eigenvalue weighted by atomic mass is 10.1. The minimum atomic E-state index is -0.711. The van der Waals surface area contributed by atoms with Crippen molar-refractivity contribution < 1.29 is 33.0 Å². The molecule has 1 aliphatic heterocycles. The van der Waals surface area contributed by atoms with Gasteiger partial charge in [0.2, 0.25) is 5.91 Å². The van der Waals surface area contributed by atoms with Crippen molar-refractivity contribution in [3.63, 3.8) is 0 Å². The zero-order valence-electron chi connectivity index (χ0n) is 20.4. The van der Waals surface area contributed by atoms with Crippen LogP contribution in [0.5, 0.6) is 17.2 Å². The first kappa shape index (κ1) is 26.9. The molecule has 9 nitrogen and oxygen atoms in total. The zero-order valence-corrected chi connectivity index (χ0v) is 22.6. The summed E-state index contributed by atoms with van der Waals surface area (Å²) in [6.45, 7) is -0.273. The average molecular weight is 631 g/mol. The lowest BCUT2D eigenvalue weighted by molar-refractivity contribution is -0.127. The second-order valence-corrected chi connectivity index (χ2v) is 9.24. The Balaban J connectivity index is 1.47. The number of carbonyl (C=O) groups is 3. The first-order valence-electron chi connectivity index (χ1n) is 11.3. The van der Waals surface area contributed by atoms with Crippen LogP contribution in [-0.4, -0.2) is 43.5 Å². The van der Waals surface area contributed by atoms with E-state index in [2.05, 4.69) is 33.2 Å². The SMILES string of the molecule is COc1ccccc1NC(=O)CN1C(=O)N/C(=C/c2cc(I)c(OCc3ccc(F)cc3)c(OC)c2)C1=O. The van der Waals surface area contributed by atoms with E-state index in [4.69, 9.17) is 14.2 Å². The summed E-state index contributed by atoms with van der Waals surface area (Å²) in [4.78, 5) is 38.7. The molecule has 1 saturated heterocycles. The number of para-hydroxylation sites is 2. The van der Waals surface area contributed by atoms with E-state index < -0.39 is 24.4 Å². The van der Waals surface area contributed by atoms with Crippen LogP contribution in [0.1, 0.15) is 11.1 Å². The molecule has 3 aromatic carbocycles. The van der Waals surface area contributed by atoms with Gasteiger partial charge in [-0.1, -0.05) is 24.3 Å². The van der Waals surface area contributed by atoms with Gasteiger partial charge in [0.1, 0.15) is 30.4 Å². The Bertz CT molecular complexity index is 1410. The number of methoxy groups -OCH3 is 2. The van der Waals surface area contributed by atoms with Crippen molar-refractivity contribution in [2.75, 3.05) is 26.1 Å². The van der Waals surface area contributed by atoms with E-state index in [1.165, 1.54) is 32.4 Å². The first-order valence-corrected chi connectivity index (χ1v) is 12.4. The molecule has 0 bridgehead atoms. The zero-order chi connectivity index (χ0) is 27.2. The molecular formula is C27H23FIN3O6. The Hall–Kier alpha value is -4.13. The molecule has 0 saturated carbocycles. The highest BCUT2D eigenvalue weighted by molar-refractivity contribution is 14.1. The van der Waals surface area contributed by atoms with Crippen molar-refractivity contribution in [3.05, 3.63) is 86.9 Å². The summed E-state index contributed by atoms with van der Waals surface area (Å²) < 4.78 is 30.4. The molecule has 0 radical (unpaired) electrons. The summed E-state index contributed by atoms with van der Waals surface area (Å²) >= 11 is 2.08. The van der Waals surface area contributed by atoms with Gasteiger partial charge < -0.3 is 24.8 Å². The van der Waals surface area contributed by atoms with Crippen LogP contribution in [0.25, 0.3) is 6.08 Å². The third kappa shape index (κ3) is 6.22. The average Bonchev–Trinajstić information content (AvgIpc) is 3.16. The quantitative estimate of drug-likeness (QED) is 0.204. The van der Waals surface area contributed by atoms with Gasteiger partial charge in [0, 0.05) is 0 Å². The number of ether oxygens (including phenoxy) is 3. The van der Waals surface area contributed by atoms with Gasteiger partial charge in [0.15, 0.2) is 11.5 Å².